The van der Waals surface area contributed by atoms with Crippen LogP contribution in [0.4, 0.5) is 11.5 Å². The van der Waals surface area contributed by atoms with Gasteiger partial charge in [-0.15, -0.1) is 0 Å². The molecule has 2 N–H and O–H groups in total. The molecule has 2 rings (SSSR count). The van der Waals surface area contributed by atoms with Crippen molar-refractivity contribution in [2.45, 2.75) is 13.0 Å². The van der Waals surface area contributed by atoms with Crippen LogP contribution in [0.25, 0.3) is 0 Å². The first-order chi connectivity index (χ1) is 9.19. The molecule has 0 aliphatic rings. The fourth-order valence-corrected chi connectivity index (χ4v) is 1.57. The Kier molecular flexibility index (Phi) is 4.54. The summed E-state index contributed by atoms with van der Waals surface area (Å²) >= 11 is 5.79. The van der Waals surface area contributed by atoms with Crippen LogP contribution in [0.1, 0.15) is 6.92 Å². The van der Waals surface area contributed by atoms with E-state index >= 15 is 0 Å². The molecule has 1 unspecified atom stereocenters. The van der Waals surface area contributed by atoms with Crippen LogP contribution in [0, 0.1) is 0 Å². The first kappa shape index (κ1) is 13.6. The van der Waals surface area contributed by atoms with E-state index in [0.717, 1.165) is 5.69 Å². The van der Waals surface area contributed by atoms with E-state index < -0.39 is 0 Å². The number of benzene rings is 1. The molecular formula is C13H14ClN3O2. The summed E-state index contributed by atoms with van der Waals surface area (Å²) in [6.45, 7) is 1.66. The second-order valence-corrected chi connectivity index (χ2v) is 4.29. The Balaban J connectivity index is 2.24. The lowest BCUT2D eigenvalue weighted by Gasteiger charge is -2.15. The largest absolute Gasteiger partial charge is 0.483 e. The van der Waals surface area contributed by atoms with Crippen molar-refractivity contribution >= 4 is 23.1 Å². The maximum atomic E-state index is 9.02. The van der Waals surface area contributed by atoms with Gasteiger partial charge in [-0.2, -0.15) is 4.98 Å². The van der Waals surface area contributed by atoms with Gasteiger partial charge in [0.1, 0.15) is 6.10 Å². The van der Waals surface area contributed by atoms with Crippen molar-refractivity contribution in [3.05, 3.63) is 41.8 Å². The van der Waals surface area contributed by atoms with Gasteiger partial charge >= 0.3 is 0 Å². The maximum absolute atomic E-state index is 9.02. The fraction of sp³-hybridized carbons (Fsp3) is 0.231. The summed E-state index contributed by atoms with van der Waals surface area (Å²) < 4.78 is 5.53. The average Bonchev–Trinajstić information content (AvgIpc) is 2.43. The van der Waals surface area contributed by atoms with E-state index in [1.54, 1.807) is 6.92 Å². The maximum Gasteiger partial charge on any atom is 0.224 e. The second-order valence-electron chi connectivity index (χ2n) is 3.95. The van der Waals surface area contributed by atoms with Gasteiger partial charge in [-0.05, 0) is 30.7 Å². The summed E-state index contributed by atoms with van der Waals surface area (Å²) in [7, 11) is 0. The Bertz CT molecular complexity index is 537. The third kappa shape index (κ3) is 3.81. The number of ether oxygens (including phenoxy) is 1. The molecule has 0 bridgehead atoms. The van der Waals surface area contributed by atoms with E-state index in [1.165, 1.54) is 6.20 Å². The standard InChI is InChI=1S/C13H14ClN3O2/c1-9(8-18)19-11-7-15-13(14)17-12(11)16-10-5-3-2-4-6-10/h2-7,9,18H,8H2,1H3,(H,15,16,17). The van der Waals surface area contributed by atoms with Gasteiger partial charge in [0, 0.05) is 5.69 Å². The number of aliphatic hydroxyl groups excluding tert-OH is 1. The summed E-state index contributed by atoms with van der Waals surface area (Å²) in [5, 5.41) is 12.2. The normalized spacial score (nSPS) is 11.9. The van der Waals surface area contributed by atoms with Crippen molar-refractivity contribution < 1.29 is 9.84 Å². The third-order valence-corrected chi connectivity index (χ3v) is 2.53. The lowest BCUT2D eigenvalue weighted by Crippen LogP contribution is -2.17. The number of rotatable bonds is 5. The first-order valence-electron chi connectivity index (χ1n) is 5.81. The average molecular weight is 280 g/mol. The molecule has 1 aromatic heterocycles. The van der Waals surface area contributed by atoms with E-state index in [4.69, 9.17) is 21.4 Å². The molecule has 0 fully saturated rings. The van der Waals surface area contributed by atoms with Crippen molar-refractivity contribution in [3.63, 3.8) is 0 Å². The molecule has 0 aliphatic carbocycles. The highest BCUT2D eigenvalue weighted by molar-refractivity contribution is 6.28. The van der Waals surface area contributed by atoms with E-state index in [9.17, 15) is 0 Å². The van der Waals surface area contributed by atoms with Crippen LogP contribution in [-0.4, -0.2) is 27.8 Å². The quantitative estimate of drug-likeness (QED) is 0.824. The molecule has 5 nitrogen and oxygen atoms in total. The number of halogens is 1. The van der Waals surface area contributed by atoms with Gasteiger partial charge in [-0.25, -0.2) is 4.98 Å². The fourth-order valence-electron chi connectivity index (χ4n) is 1.44. The molecule has 6 heteroatoms. The van der Waals surface area contributed by atoms with Gasteiger partial charge in [-0.3, -0.25) is 0 Å². The molecule has 0 saturated heterocycles. The molecule has 100 valence electrons. The zero-order valence-electron chi connectivity index (χ0n) is 10.4. The highest BCUT2D eigenvalue weighted by atomic mass is 35.5. The smallest absolute Gasteiger partial charge is 0.224 e. The minimum atomic E-state index is -0.346. The number of hydrogen-bond acceptors (Lipinski definition) is 5. The van der Waals surface area contributed by atoms with Gasteiger partial charge < -0.3 is 15.2 Å². The summed E-state index contributed by atoms with van der Waals surface area (Å²) in [6.07, 6.45) is 1.13. The van der Waals surface area contributed by atoms with Gasteiger partial charge in [0.05, 0.1) is 12.8 Å². The molecule has 2 aromatic rings. The van der Waals surface area contributed by atoms with Crippen LogP contribution in [0.3, 0.4) is 0 Å². The lowest BCUT2D eigenvalue weighted by atomic mass is 10.3. The molecule has 1 atom stereocenters. The van der Waals surface area contributed by atoms with Crippen LogP contribution >= 0.6 is 11.6 Å². The minimum absolute atomic E-state index is 0.0899. The molecule has 0 radical (unpaired) electrons. The van der Waals surface area contributed by atoms with Crippen molar-refractivity contribution in [2.24, 2.45) is 0 Å². The summed E-state index contributed by atoms with van der Waals surface area (Å²) in [5.41, 5.74) is 0.860. The zero-order valence-corrected chi connectivity index (χ0v) is 11.1. The monoisotopic (exact) mass is 279 g/mol. The number of nitrogens with zero attached hydrogens (tertiary/aromatic N) is 2. The van der Waals surface area contributed by atoms with E-state index in [2.05, 4.69) is 15.3 Å². The molecule has 1 aromatic carbocycles. The predicted octanol–water partition coefficient (Wildman–Crippen LogP) is 2.63. The SMILES string of the molecule is CC(CO)Oc1cnc(Cl)nc1Nc1ccccc1. The summed E-state index contributed by atoms with van der Waals surface area (Å²) in [6, 6.07) is 9.53. The van der Waals surface area contributed by atoms with E-state index in [0.29, 0.717) is 11.6 Å². The van der Waals surface area contributed by atoms with Gasteiger partial charge in [0.25, 0.3) is 0 Å². The van der Waals surface area contributed by atoms with E-state index in [1.807, 2.05) is 30.3 Å². The molecule has 0 amide bonds. The van der Waals surface area contributed by atoms with Gasteiger partial charge in [-0.1, -0.05) is 18.2 Å². The number of nitrogens with one attached hydrogen (secondary N) is 1. The molecular weight excluding hydrogens is 266 g/mol. The number of aliphatic hydroxyl groups is 1. The van der Waals surface area contributed by atoms with E-state index in [-0.39, 0.29) is 18.0 Å². The van der Waals surface area contributed by atoms with Crippen LogP contribution < -0.4 is 10.1 Å². The molecule has 1 heterocycles. The Labute approximate surface area is 116 Å². The van der Waals surface area contributed by atoms with Gasteiger partial charge in [0.2, 0.25) is 5.28 Å². The molecule has 0 aliphatic heterocycles. The first-order valence-corrected chi connectivity index (χ1v) is 6.19. The topological polar surface area (TPSA) is 67.3 Å². The van der Waals surface area contributed by atoms with Crippen LogP contribution in [0.5, 0.6) is 5.75 Å². The molecule has 0 saturated carbocycles. The van der Waals surface area contributed by atoms with Crippen LogP contribution in [0.15, 0.2) is 36.5 Å². The lowest BCUT2D eigenvalue weighted by molar-refractivity contribution is 0.129. The highest BCUT2D eigenvalue weighted by Crippen LogP contribution is 2.26. The summed E-state index contributed by atoms with van der Waals surface area (Å²) in [4.78, 5) is 7.97. The Morgan fingerprint density at radius 2 is 2.11 bits per heavy atom. The van der Waals surface area contributed by atoms with Crippen molar-refractivity contribution in [1.82, 2.24) is 9.97 Å². The predicted molar refractivity (Wildman–Crippen MR) is 73.9 cm³/mol. The van der Waals surface area contributed by atoms with Crippen molar-refractivity contribution in [2.75, 3.05) is 11.9 Å². The van der Waals surface area contributed by atoms with Crippen molar-refractivity contribution in [1.29, 1.82) is 0 Å². The number of anilines is 2. The zero-order chi connectivity index (χ0) is 13.7. The Morgan fingerprint density at radius 3 is 2.79 bits per heavy atom. The highest BCUT2D eigenvalue weighted by Gasteiger charge is 2.11. The van der Waals surface area contributed by atoms with Gasteiger partial charge in [0.15, 0.2) is 11.6 Å². The van der Waals surface area contributed by atoms with Crippen LogP contribution in [0.2, 0.25) is 5.28 Å². The molecule has 0 spiro atoms. The third-order valence-electron chi connectivity index (χ3n) is 2.35. The number of para-hydroxylation sites is 1. The number of aromatic nitrogens is 2. The second kappa shape index (κ2) is 6.36. The van der Waals surface area contributed by atoms with Crippen molar-refractivity contribution in [3.8, 4) is 5.75 Å². The summed E-state index contributed by atoms with van der Waals surface area (Å²) in [5.74, 6) is 0.904. The van der Waals surface area contributed by atoms with Crippen LogP contribution in [-0.2, 0) is 0 Å². The Hall–Kier alpha value is -1.85. The minimum Gasteiger partial charge on any atom is -0.483 e. The Morgan fingerprint density at radius 1 is 1.37 bits per heavy atom. The molecule has 19 heavy (non-hydrogen) atoms. The number of hydrogen-bond donors (Lipinski definition) is 2.